The minimum atomic E-state index is -1.49. The molecular weight excluding hydrogens is 652 g/mol. The molecule has 16 nitrogen and oxygen atoms in total. The third-order valence-corrected chi connectivity index (χ3v) is 8.38. The Kier molecular flexibility index (Phi) is 16.1. The van der Waals surface area contributed by atoms with Gasteiger partial charge < -0.3 is 36.8 Å². The fourth-order valence-electron chi connectivity index (χ4n) is 4.58. The van der Waals surface area contributed by atoms with Gasteiger partial charge in [0.15, 0.2) is 0 Å². The van der Waals surface area contributed by atoms with Gasteiger partial charge in [-0.05, 0) is 63.1 Å². The van der Waals surface area contributed by atoms with Gasteiger partial charge in [0.2, 0.25) is 17.7 Å². The van der Waals surface area contributed by atoms with Crippen LogP contribution in [0.3, 0.4) is 0 Å². The topological polar surface area (TPSA) is 243 Å². The van der Waals surface area contributed by atoms with Crippen molar-refractivity contribution in [2.45, 2.75) is 91.3 Å². The fourth-order valence-corrected chi connectivity index (χ4v) is 4.58. The Morgan fingerprint density at radius 2 is 1.52 bits per heavy atom. The number of amides is 7. The summed E-state index contributed by atoms with van der Waals surface area (Å²) in [6.07, 6.45) is 3.13. The number of esters is 1. The number of nitrogens with one attached hydrogen (secondary N) is 4. The minimum Gasteiger partial charge on any atom is -0.481 e. The molecule has 16 heteroatoms. The number of aliphatic carboxylic acids is 1. The van der Waals surface area contributed by atoms with Gasteiger partial charge in [-0.25, -0.2) is 4.79 Å². The number of hydrogen-bond donors (Lipinski definition) is 6. The lowest BCUT2D eigenvalue weighted by Gasteiger charge is -2.26. The maximum absolute atomic E-state index is 13.3. The molecule has 7 N–H and O–H groups in total. The SMILES string of the molecule is CC(C)C(C)(C)C(=O)OCc1ccc(NC(=O)[C@H](CCCNC(N)=O)NC(=O)[C@H](CC(=O)O)NC(=O)CCCCCN2C(=O)C=CC2=O)cc1. The monoisotopic (exact) mass is 700 g/mol. The average Bonchev–Trinajstić information content (AvgIpc) is 3.36. The van der Waals surface area contributed by atoms with Crippen molar-refractivity contribution in [2.75, 3.05) is 18.4 Å². The smallest absolute Gasteiger partial charge is 0.312 e. The molecule has 1 aromatic rings. The van der Waals surface area contributed by atoms with E-state index in [-0.39, 0.29) is 50.8 Å². The molecule has 0 unspecified atom stereocenters. The number of hydrogen-bond acceptors (Lipinski definition) is 9. The van der Waals surface area contributed by atoms with E-state index in [1.807, 2.05) is 27.7 Å². The molecule has 1 aliphatic rings. The van der Waals surface area contributed by atoms with Crippen molar-refractivity contribution in [3.8, 4) is 0 Å². The second-order valence-electron chi connectivity index (χ2n) is 12.8. The summed E-state index contributed by atoms with van der Waals surface area (Å²) >= 11 is 0. The van der Waals surface area contributed by atoms with Crippen molar-refractivity contribution in [2.24, 2.45) is 17.1 Å². The van der Waals surface area contributed by atoms with E-state index in [0.717, 1.165) is 4.90 Å². The van der Waals surface area contributed by atoms with E-state index >= 15 is 0 Å². The molecule has 1 heterocycles. The van der Waals surface area contributed by atoms with Crippen molar-refractivity contribution < 1.29 is 48.2 Å². The van der Waals surface area contributed by atoms with E-state index in [4.69, 9.17) is 10.5 Å². The molecular formula is C34H48N6O10. The first kappa shape index (κ1) is 40.9. The van der Waals surface area contributed by atoms with Gasteiger partial charge in [-0.15, -0.1) is 0 Å². The van der Waals surface area contributed by atoms with Crippen LogP contribution < -0.4 is 27.0 Å². The molecule has 274 valence electrons. The molecule has 0 aromatic heterocycles. The van der Waals surface area contributed by atoms with E-state index in [1.54, 1.807) is 24.3 Å². The maximum atomic E-state index is 13.3. The van der Waals surface area contributed by atoms with Crippen LogP contribution in [0, 0.1) is 11.3 Å². The van der Waals surface area contributed by atoms with Crippen molar-refractivity contribution >= 4 is 53.2 Å². The number of unbranched alkanes of at least 4 members (excludes halogenated alkanes) is 2. The highest BCUT2D eigenvalue weighted by atomic mass is 16.5. The lowest BCUT2D eigenvalue weighted by Crippen LogP contribution is -2.53. The zero-order valence-electron chi connectivity index (χ0n) is 28.9. The standard InChI is InChI=1S/C34H48N6O10/c1-21(2)34(3,4)32(48)50-20-22-11-13-23(14-12-22)37-30(46)24(9-8-17-36-33(35)49)39-31(47)25(19-29(44)45)38-26(41)10-6-5-7-18-40-27(42)15-16-28(40)43/h11-16,21,24-25H,5-10,17-20H2,1-4H3,(H,37,46)(H,38,41)(H,39,47)(H,44,45)(H3,35,36,49)/t24-,25-/m0/s1. The molecule has 0 spiro atoms. The van der Waals surface area contributed by atoms with Crippen LogP contribution in [0.25, 0.3) is 0 Å². The number of urea groups is 1. The predicted molar refractivity (Wildman–Crippen MR) is 181 cm³/mol. The van der Waals surface area contributed by atoms with Crippen LogP contribution >= 0.6 is 0 Å². The van der Waals surface area contributed by atoms with Crippen LogP contribution in [0.5, 0.6) is 0 Å². The summed E-state index contributed by atoms with van der Waals surface area (Å²) in [6, 6.07) is 3.06. The largest absolute Gasteiger partial charge is 0.481 e. The summed E-state index contributed by atoms with van der Waals surface area (Å²) in [6.45, 7) is 7.81. The highest BCUT2D eigenvalue weighted by Crippen LogP contribution is 2.28. The highest BCUT2D eigenvalue weighted by Gasteiger charge is 2.33. The number of benzene rings is 1. The fraction of sp³-hybridized carbons (Fsp3) is 0.529. The van der Waals surface area contributed by atoms with Gasteiger partial charge in [0.25, 0.3) is 11.8 Å². The second kappa shape index (κ2) is 19.7. The molecule has 0 fully saturated rings. The number of carboxylic acids is 1. The number of ether oxygens (including phenoxy) is 1. The molecule has 0 bridgehead atoms. The summed E-state index contributed by atoms with van der Waals surface area (Å²) in [4.78, 5) is 98.6. The van der Waals surface area contributed by atoms with Gasteiger partial charge in [0.1, 0.15) is 18.7 Å². The van der Waals surface area contributed by atoms with Gasteiger partial charge in [0.05, 0.1) is 11.8 Å². The third kappa shape index (κ3) is 13.7. The van der Waals surface area contributed by atoms with Crippen LogP contribution in [-0.4, -0.2) is 82.7 Å². The molecule has 2 rings (SSSR count). The Hall–Kier alpha value is -5.28. The van der Waals surface area contributed by atoms with Gasteiger partial charge in [-0.1, -0.05) is 32.4 Å². The Labute approximate surface area is 290 Å². The third-order valence-electron chi connectivity index (χ3n) is 8.38. The normalized spacial score (nSPS) is 13.8. The summed E-state index contributed by atoms with van der Waals surface area (Å²) in [7, 11) is 0. The molecule has 0 saturated heterocycles. The zero-order chi connectivity index (χ0) is 37.4. The maximum Gasteiger partial charge on any atom is 0.312 e. The molecule has 7 amide bonds. The Morgan fingerprint density at radius 1 is 0.880 bits per heavy atom. The number of nitrogens with two attached hydrogens (primary N) is 1. The van der Waals surface area contributed by atoms with Crippen molar-refractivity contribution in [1.82, 2.24) is 20.9 Å². The van der Waals surface area contributed by atoms with Crippen molar-refractivity contribution in [3.63, 3.8) is 0 Å². The molecule has 1 aliphatic heterocycles. The molecule has 0 radical (unpaired) electrons. The summed E-state index contributed by atoms with van der Waals surface area (Å²) < 4.78 is 5.45. The van der Waals surface area contributed by atoms with E-state index in [2.05, 4.69) is 21.3 Å². The average molecular weight is 701 g/mol. The van der Waals surface area contributed by atoms with Crippen LogP contribution in [0.15, 0.2) is 36.4 Å². The predicted octanol–water partition coefficient (Wildman–Crippen LogP) is 1.73. The van der Waals surface area contributed by atoms with E-state index in [9.17, 15) is 43.5 Å². The number of anilines is 1. The lowest BCUT2D eigenvalue weighted by molar-refractivity contribution is -0.158. The zero-order valence-corrected chi connectivity index (χ0v) is 28.9. The van der Waals surface area contributed by atoms with E-state index in [1.165, 1.54) is 12.2 Å². The van der Waals surface area contributed by atoms with Gasteiger partial charge in [0, 0.05) is 37.3 Å². The lowest BCUT2D eigenvalue weighted by atomic mass is 9.81. The van der Waals surface area contributed by atoms with Crippen LogP contribution in [-0.2, 0) is 44.9 Å². The van der Waals surface area contributed by atoms with Crippen LogP contribution in [0.1, 0.15) is 78.2 Å². The number of nitrogens with zero attached hydrogens (tertiary/aromatic N) is 1. The van der Waals surface area contributed by atoms with Gasteiger partial charge in [-0.2, -0.15) is 0 Å². The molecule has 2 atom stereocenters. The van der Waals surface area contributed by atoms with Gasteiger partial charge >= 0.3 is 18.0 Å². The van der Waals surface area contributed by atoms with E-state index < -0.39 is 65.5 Å². The summed E-state index contributed by atoms with van der Waals surface area (Å²) in [5.74, 6) is -4.54. The summed E-state index contributed by atoms with van der Waals surface area (Å²) in [5, 5.41) is 19.4. The van der Waals surface area contributed by atoms with Crippen molar-refractivity contribution in [1.29, 1.82) is 0 Å². The Balaban J connectivity index is 2.00. The number of carboxylic acid groups (broad SMARTS) is 1. The first-order valence-electron chi connectivity index (χ1n) is 16.5. The number of carbonyl (C=O) groups is 8. The number of primary amides is 1. The number of imide groups is 1. The Morgan fingerprint density at radius 3 is 2.10 bits per heavy atom. The van der Waals surface area contributed by atoms with Crippen molar-refractivity contribution in [3.05, 3.63) is 42.0 Å². The molecule has 0 saturated carbocycles. The molecule has 50 heavy (non-hydrogen) atoms. The highest BCUT2D eigenvalue weighted by molar-refractivity contribution is 6.12. The van der Waals surface area contributed by atoms with Crippen LogP contribution in [0.2, 0.25) is 0 Å². The number of carbonyl (C=O) groups excluding carboxylic acids is 7. The minimum absolute atomic E-state index is 0.0306. The van der Waals surface area contributed by atoms with Gasteiger partial charge in [-0.3, -0.25) is 38.5 Å². The number of rotatable bonds is 21. The van der Waals surface area contributed by atoms with Crippen LogP contribution in [0.4, 0.5) is 10.5 Å². The van der Waals surface area contributed by atoms with E-state index in [0.29, 0.717) is 30.5 Å². The first-order valence-corrected chi connectivity index (χ1v) is 16.5. The Bertz CT molecular complexity index is 1420. The quantitative estimate of drug-likeness (QED) is 0.0616. The second-order valence-corrected chi connectivity index (χ2v) is 12.8. The molecule has 0 aliphatic carbocycles. The summed E-state index contributed by atoms with van der Waals surface area (Å²) in [5.41, 5.74) is 5.49. The molecule has 1 aromatic carbocycles. The first-order chi connectivity index (χ1) is 23.5.